The summed E-state index contributed by atoms with van der Waals surface area (Å²) in [4.78, 5) is 2.42. The van der Waals surface area contributed by atoms with Gasteiger partial charge in [-0.2, -0.15) is 5.26 Å². The Bertz CT molecular complexity index is 492. The zero-order chi connectivity index (χ0) is 17.6. The van der Waals surface area contributed by atoms with E-state index < -0.39 is 0 Å². The standard InChI is InChI=1S/C22H34N2/c1-4-7-8-9-10-12-21(13-11-18-24(5-2)6-3)22-16-14-20(19-23)15-17-22/h11,13-17,21H,4-10,12,18H2,1-3H3. The molecule has 2 nitrogen and oxygen atoms in total. The van der Waals surface area contributed by atoms with E-state index in [2.05, 4.69) is 56.0 Å². The van der Waals surface area contributed by atoms with E-state index in [1.54, 1.807) is 0 Å². The van der Waals surface area contributed by atoms with Gasteiger partial charge < -0.3 is 4.90 Å². The molecule has 1 unspecified atom stereocenters. The van der Waals surface area contributed by atoms with Crippen LogP contribution in [0.15, 0.2) is 36.4 Å². The van der Waals surface area contributed by atoms with Crippen molar-refractivity contribution in [1.82, 2.24) is 4.90 Å². The molecule has 1 aromatic carbocycles. The second kappa shape index (κ2) is 12.8. The first kappa shape index (κ1) is 20.5. The first-order chi connectivity index (χ1) is 11.7. The van der Waals surface area contributed by atoms with Crippen LogP contribution in [0.25, 0.3) is 0 Å². The summed E-state index contributed by atoms with van der Waals surface area (Å²) in [7, 11) is 0. The van der Waals surface area contributed by atoms with Crippen LogP contribution in [-0.4, -0.2) is 24.5 Å². The van der Waals surface area contributed by atoms with Crippen LogP contribution < -0.4 is 0 Å². The van der Waals surface area contributed by atoms with Crippen molar-refractivity contribution in [2.75, 3.05) is 19.6 Å². The molecule has 0 saturated heterocycles. The lowest BCUT2D eigenvalue weighted by Gasteiger charge is -2.17. The van der Waals surface area contributed by atoms with Crippen molar-refractivity contribution in [3.8, 4) is 6.07 Å². The Morgan fingerprint density at radius 1 is 1.00 bits per heavy atom. The molecule has 0 fully saturated rings. The lowest BCUT2D eigenvalue weighted by molar-refractivity contribution is 0.337. The molecule has 0 spiro atoms. The smallest absolute Gasteiger partial charge is 0.0991 e. The van der Waals surface area contributed by atoms with E-state index in [1.165, 1.54) is 44.1 Å². The molecule has 132 valence electrons. The van der Waals surface area contributed by atoms with Gasteiger partial charge >= 0.3 is 0 Å². The fraction of sp³-hybridized carbons (Fsp3) is 0.591. The highest BCUT2D eigenvalue weighted by molar-refractivity contribution is 5.34. The van der Waals surface area contributed by atoms with Gasteiger partial charge in [-0.05, 0) is 37.2 Å². The molecule has 0 radical (unpaired) electrons. The summed E-state index contributed by atoms with van der Waals surface area (Å²) in [6.07, 6.45) is 12.5. The Hall–Kier alpha value is -1.59. The fourth-order valence-corrected chi connectivity index (χ4v) is 3.00. The molecule has 0 heterocycles. The molecule has 0 saturated carbocycles. The van der Waals surface area contributed by atoms with Crippen molar-refractivity contribution in [2.45, 2.75) is 65.2 Å². The maximum absolute atomic E-state index is 8.98. The first-order valence-corrected chi connectivity index (χ1v) is 9.64. The van der Waals surface area contributed by atoms with Gasteiger partial charge in [0.25, 0.3) is 0 Å². The lowest BCUT2D eigenvalue weighted by Crippen LogP contribution is -2.22. The molecule has 0 N–H and O–H groups in total. The molecule has 24 heavy (non-hydrogen) atoms. The number of rotatable bonds is 12. The Balaban J connectivity index is 2.67. The van der Waals surface area contributed by atoms with Crippen LogP contribution in [-0.2, 0) is 0 Å². The summed E-state index contributed by atoms with van der Waals surface area (Å²) in [5.41, 5.74) is 2.08. The normalized spacial score (nSPS) is 12.6. The number of likely N-dealkylation sites (N-methyl/N-ethyl adjacent to an activating group) is 1. The molecule has 1 rings (SSSR count). The molecule has 0 aromatic heterocycles. The van der Waals surface area contributed by atoms with Gasteiger partial charge in [0.1, 0.15) is 0 Å². The second-order valence-corrected chi connectivity index (χ2v) is 6.46. The first-order valence-electron chi connectivity index (χ1n) is 9.64. The summed E-state index contributed by atoms with van der Waals surface area (Å²) in [5.74, 6) is 0.468. The monoisotopic (exact) mass is 326 g/mol. The van der Waals surface area contributed by atoms with Crippen molar-refractivity contribution in [3.63, 3.8) is 0 Å². The highest BCUT2D eigenvalue weighted by Crippen LogP contribution is 2.25. The minimum Gasteiger partial charge on any atom is -0.300 e. The van der Waals surface area contributed by atoms with Crippen LogP contribution in [0.3, 0.4) is 0 Å². The highest BCUT2D eigenvalue weighted by Gasteiger charge is 2.08. The van der Waals surface area contributed by atoms with E-state index in [1.807, 2.05) is 12.1 Å². The summed E-state index contributed by atoms with van der Waals surface area (Å²) in [6.45, 7) is 9.90. The fourth-order valence-electron chi connectivity index (χ4n) is 3.00. The summed E-state index contributed by atoms with van der Waals surface area (Å²) in [5, 5.41) is 8.98. The van der Waals surface area contributed by atoms with Gasteiger partial charge in [-0.1, -0.05) is 77.2 Å². The molecule has 1 atom stereocenters. The zero-order valence-electron chi connectivity index (χ0n) is 15.8. The average Bonchev–Trinajstić information content (AvgIpc) is 2.63. The van der Waals surface area contributed by atoms with Gasteiger partial charge in [0.15, 0.2) is 0 Å². The molecular formula is C22H34N2. The van der Waals surface area contributed by atoms with Crippen molar-refractivity contribution in [2.24, 2.45) is 0 Å². The van der Waals surface area contributed by atoms with Gasteiger partial charge in [-0.15, -0.1) is 0 Å². The third kappa shape index (κ3) is 7.79. The number of allylic oxidation sites excluding steroid dienone is 1. The van der Waals surface area contributed by atoms with E-state index in [0.717, 1.165) is 25.2 Å². The van der Waals surface area contributed by atoms with Crippen molar-refractivity contribution >= 4 is 0 Å². The predicted molar refractivity (Wildman–Crippen MR) is 104 cm³/mol. The molecule has 0 aliphatic heterocycles. The SMILES string of the molecule is CCCCCCCC(C=CCN(CC)CC)c1ccc(C#N)cc1. The minimum absolute atomic E-state index is 0.468. The number of unbranched alkanes of at least 4 members (excludes halogenated alkanes) is 4. The van der Waals surface area contributed by atoms with Gasteiger partial charge in [-0.3, -0.25) is 0 Å². The Morgan fingerprint density at radius 3 is 2.25 bits per heavy atom. The van der Waals surface area contributed by atoms with Crippen LogP contribution in [0.4, 0.5) is 0 Å². The van der Waals surface area contributed by atoms with E-state index in [0.29, 0.717) is 5.92 Å². The maximum Gasteiger partial charge on any atom is 0.0991 e. The quantitative estimate of drug-likeness (QED) is 0.353. The molecule has 0 bridgehead atoms. The summed E-state index contributed by atoms with van der Waals surface area (Å²) < 4.78 is 0. The molecule has 1 aromatic rings. The van der Waals surface area contributed by atoms with Crippen LogP contribution >= 0.6 is 0 Å². The molecule has 0 amide bonds. The van der Waals surface area contributed by atoms with Crippen LogP contribution in [0.2, 0.25) is 0 Å². The van der Waals surface area contributed by atoms with Crippen LogP contribution in [0, 0.1) is 11.3 Å². The third-order valence-corrected chi connectivity index (χ3v) is 4.71. The number of benzene rings is 1. The second-order valence-electron chi connectivity index (χ2n) is 6.46. The summed E-state index contributed by atoms with van der Waals surface area (Å²) in [6, 6.07) is 10.3. The Kier molecular flexibility index (Phi) is 10.9. The van der Waals surface area contributed by atoms with E-state index in [4.69, 9.17) is 5.26 Å². The van der Waals surface area contributed by atoms with Gasteiger partial charge in [0, 0.05) is 12.5 Å². The van der Waals surface area contributed by atoms with Crippen molar-refractivity contribution < 1.29 is 0 Å². The molecule has 0 aliphatic carbocycles. The Morgan fingerprint density at radius 2 is 1.67 bits per heavy atom. The molecule has 2 heteroatoms. The third-order valence-electron chi connectivity index (χ3n) is 4.71. The molecular weight excluding hydrogens is 292 g/mol. The molecule has 0 aliphatic rings. The maximum atomic E-state index is 8.98. The largest absolute Gasteiger partial charge is 0.300 e. The van der Waals surface area contributed by atoms with Crippen LogP contribution in [0.1, 0.15) is 76.3 Å². The number of nitriles is 1. The van der Waals surface area contributed by atoms with Gasteiger partial charge in [0.2, 0.25) is 0 Å². The van der Waals surface area contributed by atoms with Crippen molar-refractivity contribution in [3.05, 3.63) is 47.5 Å². The minimum atomic E-state index is 0.468. The van der Waals surface area contributed by atoms with Crippen LogP contribution in [0.5, 0.6) is 0 Å². The summed E-state index contributed by atoms with van der Waals surface area (Å²) >= 11 is 0. The topological polar surface area (TPSA) is 27.0 Å². The highest BCUT2D eigenvalue weighted by atomic mass is 15.1. The lowest BCUT2D eigenvalue weighted by atomic mass is 9.92. The number of hydrogen-bond acceptors (Lipinski definition) is 2. The number of nitrogens with zero attached hydrogens (tertiary/aromatic N) is 2. The number of hydrogen-bond donors (Lipinski definition) is 0. The Labute approximate surface area is 149 Å². The van der Waals surface area contributed by atoms with E-state index in [9.17, 15) is 0 Å². The van der Waals surface area contributed by atoms with Gasteiger partial charge in [-0.25, -0.2) is 0 Å². The average molecular weight is 327 g/mol. The zero-order valence-corrected chi connectivity index (χ0v) is 15.8. The van der Waals surface area contributed by atoms with E-state index >= 15 is 0 Å². The predicted octanol–water partition coefficient (Wildman–Crippen LogP) is 5.90. The van der Waals surface area contributed by atoms with E-state index in [-0.39, 0.29) is 0 Å². The van der Waals surface area contributed by atoms with Crippen molar-refractivity contribution in [1.29, 1.82) is 5.26 Å². The van der Waals surface area contributed by atoms with Gasteiger partial charge in [0.05, 0.1) is 11.6 Å².